The molecule has 3 aromatic rings. The van der Waals surface area contributed by atoms with Crippen LogP contribution in [0.15, 0.2) is 70.7 Å². The number of hydrogen-bond acceptors (Lipinski definition) is 7. The molecule has 1 N–H and O–H groups in total. The Morgan fingerprint density at radius 1 is 1.13 bits per heavy atom. The largest absolute Gasteiger partial charge is 0.489 e. The quantitative estimate of drug-likeness (QED) is 0.330. The Morgan fingerprint density at radius 3 is 2.54 bits per heavy atom. The van der Waals surface area contributed by atoms with Gasteiger partial charge >= 0.3 is 5.97 Å². The van der Waals surface area contributed by atoms with Crippen molar-refractivity contribution in [3.05, 3.63) is 83.4 Å². The lowest BCUT2D eigenvalue weighted by atomic mass is 10.1. The van der Waals surface area contributed by atoms with E-state index in [9.17, 15) is 23.5 Å². The fraction of sp³-hybridized carbons (Fsp3) is 0.250. The number of rotatable bonds is 11. The third-order valence-corrected chi connectivity index (χ3v) is 6.88. The molecule has 204 valence electrons. The number of ether oxygens (including phenoxy) is 1. The molecule has 0 radical (unpaired) electrons. The second-order valence-electron chi connectivity index (χ2n) is 8.76. The number of amides is 1. The number of aliphatic carboxylic acids is 1. The average Bonchev–Trinajstić information content (AvgIpc) is 3.35. The van der Waals surface area contributed by atoms with Crippen LogP contribution in [0.4, 0.5) is 8.78 Å². The minimum Gasteiger partial charge on any atom is -0.489 e. The minimum atomic E-state index is -1.11. The first-order chi connectivity index (χ1) is 18.7. The van der Waals surface area contributed by atoms with Gasteiger partial charge in [0.15, 0.2) is 17.9 Å². The molecule has 1 aliphatic rings. The Kier molecular flexibility index (Phi) is 9.03. The van der Waals surface area contributed by atoms with E-state index in [1.165, 1.54) is 35.1 Å². The summed E-state index contributed by atoms with van der Waals surface area (Å²) < 4.78 is 33.3. The van der Waals surface area contributed by atoms with Gasteiger partial charge in [0.2, 0.25) is 0 Å². The number of nitrogens with zero attached hydrogens (tertiary/aromatic N) is 3. The van der Waals surface area contributed by atoms with Crippen molar-refractivity contribution in [3.63, 3.8) is 0 Å². The molecule has 0 aromatic heterocycles. The van der Waals surface area contributed by atoms with Crippen LogP contribution in [0.2, 0.25) is 0 Å². The lowest BCUT2D eigenvalue weighted by Crippen LogP contribution is -2.42. The van der Waals surface area contributed by atoms with E-state index in [0.29, 0.717) is 28.3 Å². The molecule has 1 aliphatic heterocycles. The number of benzene rings is 3. The molecule has 0 saturated heterocycles. The highest BCUT2D eigenvalue weighted by Gasteiger charge is 2.23. The lowest BCUT2D eigenvalue weighted by molar-refractivity contribution is -0.137. The Hall–Kier alpha value is -4.12. The Labute approximate surface area is 228 Å². The second-order valence-corrected chi connectivity index (χ2v) is 9.61. The van der Waals surface area contributed by atoms with Crippen LogP contribution in [-0.2, 0) is 16.2 Å². The van der Waals surface area contributed by atoms with E-state index in [1.54, 1.807) is 66.6 Å². The van der Waals surface area contributed by atoms with Gasteiger partial charge in [-0.25, -0.2) is 8.78 Å². The standard InChI is InChI=1S/C28H27F2N3O5S/c1-18-33(17-31-38-18)11-10-32(15-27(34)35)28(36)21-5-3-4-19(12-21)16-37-22-8-6-20(7-9-22)23-13-24(29)25(30)14-26(23)39-2/h3-9,12-14,17-18H,10-11,15-16H2,1-2H3,(H,34,35). The highest BCUT2D eigenvalue weighted by atomic mass is 32.2. The first-order valence-electron chi connectivity index (χ1n) is 12.1. The second kappa shape index (κ2) is 12.6. The van der Waals surface area contributed by atoms with Crippen LogP contribution >= 0.6 is 11.8 Å². The molecule has 0 saturated carbocycles. The molecule has 1 unspecified atom stereocenters. The summed E-state index contributed by atoms with van der Waals surface area (Å²) in [6, 6.07) is 16.2. The summed E-state index contributed by atoms with van der Waals surface area (Å²) in [6.45, 7) is 2.07. The highest BCUT2D eigenvalue weighted by molar-refractivity contribution is 7.98. The van der Waals surface area contributed by atoms with Crippen LogP contribution in [0.5, 0.6) is 5.75 Å². The zero-order valence-corrected chi connectivity index (χ0v) is 22.2. The SMILES string of the molecule is CSc1cc(F)c(F)cc1-c1ccc(OCc2cccc(C(=O)N(CCN3C=NOC3C)CC(=O)O)c2)cc1. The zero-order chi connectivity index (χ0) is 27.9. The monoisotopic (exact) mass is 555 g/mol. The predicted octanol–water partition coefficient (Wildman–Crippen LogP) is 5.08. The van der Waals surface area contributed by atoms with E-state index in [4.69, 9.17) is 9.57 Å². The van der Waals surface area contributed by atoms with Gasteiger partial charge in [-0.15, -0.1) is 11.8 Å². The molecular formula is C28H27F2N3O5S. The normalized spacial score (nSPS) is 14.3. The van der Waals surface area contributed by atoms with Crippen LogP contribution < -0.4 is 4.74 Å². The van der Waals surface area contributed by atoms with Crippen molar-refractivity contribution in [1.82, 2.24) is 9.80 Å². The van der Waals surface area contributed by atoms with Crippen LogP contribution in [-0.4, -0.2) is 65.2 Å². The van der Waals surface area contributed by atoms with E-state index in [-0.39, 0.29) is 19.4 Å². The van der Waals surface area contributed by atoms with E-state index in [0.717, 1.165) is 11.1 Å². The number of carbonyl (C=O) groups is 2. The van der Waals surface area contributed by atoms with E-state index < -0.39 is 30.1 Å². The molecule has 8 nitrogen and oxygen atoms in total. The fourth-order valence-corrected chi connectivity index (χ4v) is 4.64. The molecule has 39 heavy (non-hydrogen) atoms. The van der Waals surface area contributed by atoms with Gasteiger partial charge in [0.05, 0.1) is 0 Å². The van der Waals surface area contributed by atoms with Crippen LogP contribution in [0, 0.1) is 11.6 Å². The van der Waals surface area contributed by atoms with Crippen LogP contribution in [0.3, 0.4) is 0 Å². The van der Waals surface area contributed by atoms with Crippen molar-refractivity contribution in [2.45, 2.75) is 24.7 Å². The Morgan fingerprint density at radius 2 is 1.87 bits per heavy atom. The van der Waals surface area contributed by atoms with Crippen molar-refractivity contribution in [3.8, 4) is 16.9 Å². The van der Waals surface area contributed by atoms with Crippen molar-refractivity contribution in [2.75, 3.05) is 25.9 Å². The van der Waals surface area contributed by atoms with Gasteiger partial charge in [-0.3, -0.25) is 9.59 Å². The maximum atomic E-state index is 13.8. The summed E-state index contributed by atoms with van der Waals surface area (Å²) in [4.78, 5) is 33.3. The molecular weight excluding hydrogens is 528 g/mol. The molecule has 0 aliphatic carbocycles. The van der Waals surface area contributed by atoms with Gasteiger partial charge in [-0.1, -0.05) is 29.4 Å². The molecule has 0 bridgehead atoms. The molecule has 0 fully saturated rings. The number of carboxylic acids is 1. The first-order valence-corrected chi connectivity index (χ1v) is 13.3. The zero-order valence-electron chi connectivity index (χ0n) is 21.3. The maximum absolute atomic E-state index is 13.8. The topological polar surface area (TPSA) is 91.7 Å². The van der Waals surface area contributed by atoms with Crippen LogP contribution in [0.1, 0.15) is 22.8 Å². The summed E-state index contributed by atoms with van der Waals surface area (Å²) in [5.74, 6) is -2.77. The Bertz CT molecular complexity index is 1370. The molecule has 1 atom stereocenters. The lowest BCUT2D eigenvalue weighted by Gasteiger charge is -2.25. The number of carbonyl (C=O) groups excluding carboxylic acids is 1. The van der Waals surface area contributed by atoms with E-state index in [2.05, 4.69) is 5.16 Å². The summed E-state index contributed by atoms with van der Waals surface area (Å²) in [5.41, 5.74) is 2.37. The van der Waals surface area contributed by atoms with Gasteiger partial charge < -0.3 is 24.5 Å². The number of halogens is 2. The number of oxime groups is 1. The summed E-state index contributed by atoms with van der Waals surface area (Å²) in [7, 11) is 0. The van der Waals surface area contributed by atoms with Crippen molar-refractivity contribution in [2.24, 2.45) is 5.16 Å². The summed E-state index contributed by atoms with van der Waals surface area (Å²) in [5, 5.41) is 13.0. The summed E-state index contributed by atoms with van der Waals surface area (Å²) in [6.07, 6.45) is 3.02. The average molecular weight is 556 g/mol. The Balaban J connectivity index is 1.41. The molecule has 3 aromatic carbocycles. The molecule has 4 rings (SSSR count). The number of carboxylic acid groups (broad SMARTS) is 1. The molecule has 1 amide bonds. The highest BCUT2D eigenvalue weighted by Crippen LogP contribution is 2.33. The van der Waals surface area contributed by atoms with Gasteiger partial charge in [0.1, 0.15) is 25.2 Å². The van der Waals surface area contributed by atoms with Gasteiger partial charge in [0, 0.05) is 23.5 Å². The van der Waals surface area contributed by atoms with Gasteiger partial charge in [0.25, 0.3) is 5.91 Å². The fourth-order valence-electron chi connectivity index (χ4n) is 4.02. The molecule has 1 heterocycles. The molecule has 0 spiro atoms. The van der Waals surface area contributed by atoms with Crippen molar-refractivity contribution >= 4 is 30.0 Å². The smallest absolute Gasteiger partial charge is 0.323 e. The van der Waals surface area contributed by atoms with E-state index >= 15 is 0 Å². The minimum absolute atomic E-state index is 0.166. The number of thioether (sulfide) groups is 1. The van der Waals surface area contributed by atoms with Crippen molar-refractivity contribution in [1.29, 1.82) is 0 Å². The third-order valence-electron chi connectivity index (χ3n) is 6.10. The first kappa shape index (κ1) is 27.9. The van der Waals surface area contributed by atoms with Gasteiger partial charge in [-0.05, 0) is 66.3 Å². The van der Waals surface area contributed by atoms with Crippen molar-refractivity contribution < 1.29 is 33.1 Å². The maximum Gasteiger partial charge on any atom is 0.323 e. The summed E-state index contributed by atoms with van der Waals surface area (Å²) >= 11 is 1.33. The third kappa shape index (κ3) is 7.05. The predicted molar refractivity (Wildman–Crippen MR) is 144 cm³/mol. The number of hydrogen-bond donors (Lipinski definition) is 1. The van der Waals surface area contributed by atoms with E-state index in [1.807, 2.05) is 0 Å². The van der Waals surface area contributed by atoms with Gasteiger partial charge in [-0.2, -0.15) is 0 Å². The molecule has 11 heteroatoms. The van der Waals surface area contributed by atoms with Crippen LogP contribution in [0.25, 0.3) is 11.1 Å².